The van der Waals surface area contributed by atoms with Crippen LogP contribution < -0.4 is 19.5 Å². The highest BCUT2D eigenvalue weighted by Crippen LogP contribution is 2.30. The lowest BCUT2D eigenvalue weighted by Gasteiger charge is -2.15. The highest BCUT2D eigenvalue weighted by atomic mass is 32.2. The molecular weight excluding hydrogens is 368 g/mol. The first-order valence-electron chi connectivity index (χ1n) is 8.40. The SMILES string of the molecule is COc1ccc(OC)c(S(=O)(=O)Nc2ccccc2C(=O)NCC(C)C)c1. The van der Waals surface area contributed by atoms with Crippen LogP contribution in [0.4, 0.5) is 5.69 Å². The minimum atomic E-state index is -4.01. The third-order valence-corrected chi connectivity index (χ3v) is 5.13. The quantitative estimate of drug-likeness (QED) is 0.720. The van der Waals surface area contributed by atoms with Gasteiger partial charge in [-0.15, -0.1) is 0 Å². The van der Waals surface area contributed by atoms with E-state index in [9.17, 15) is 13.2 Å². The summed E-state index contributed by atoms with van der Waals surface area (Å²) < 4.78 is 38.6. The lowest BCUT2D eigenvalue weighted by atomic mass is 10.1. The second-order valence-electron chi connectivity index (χ2n) is 6.27. The number of hydrogen-bond acceptors (Lipinski definition) is 5. The zero-order valence-electron chi connectivity index (χ0n) is 15.8. The molecule has 1 amide bonds. The third-order valence-electron chi connectivity index (χ3n) is 3.75. The number of sulfonamides is 1. The van der Waals surface area contributed by atoms with Crippen LogP contribution in [0.15, 0.2) is 47.4 Å². The second-order valence-corrected chi connectivity index (χ2v) is 7.92. The van der Waals surface area contributed by atoms with Crippen LogP contribution in [0.25, 0.3) is 0 Å². The molecule has 8 heteroatoms. The fourth-order valence-corrected chi connectivity index (χ4v) is 3.62. The lowest BCUT2D eigenvalue weighted by molar-refractivity contribution is 0.0950. The fraction of sp³-hybridized carbons (Fsp3) is 0.316. The Morgan fingerprint density at radius 1 is 1.07 bits per heavy atom. The van der Waals surface area contributed by atoms with Gasteiger partial charge in [-0.3, -0.25) is 9.52 Å². The largest absolute Gasteiger partial charge is 0.497 e. The van der Waals surface area contributed by atoms with Gasteiger partial charge in [0, 0.05) is 12.6 Å². The molecule has 2 rings (SSSR count). The third kappa shape index (κ3) is 5.13. The molecule has 146 valence electrons. The van der Waals surface area contributed by atoms with Crippen LogP contribution in [0.2, 0.25) is 0 Å². The number of amides is 1. The first-order valence-corrected chi connectivity index (χ1v) is 9.89. The summed E-state index contributed by atoms with van der Waals surface area (Å²) in [4.78, 5) is 12.3. The van der Waals surface area contributed by atoms with Crippen molar-refractivity contribution in [3.8, 4) is 11.5 Å². The number of nitrogens with one attached hydrogen (secondary N) is 2. The van der Waals surface area contributed by atoms with E-state index in [0.29, 0.717) is 12.3 Å². The molecule has 27 heavy (non-hydrogen) atoms. The fourth-order valence-electron chi connectivity index (χ4n) is 2.36. The maximum Gasteiger partial charge on any atom is 0.265 e. The van der Waals surface area contributed by atoms with Gasteiger partial charge >= 0.3 is 0 Å². The van der Waals surface area contributed by atoms with Crippen LogP contribution in [-0.2, 0) is 10.0 Å². The molecule has 2 N–H and O–H groups in total. The molecule has 7 nitrogen and oxygen atoms in total. The molecule has 0 aliphatic heterocycles. The van der Waals surface area contributed by atoms with Crippen LogP contribution in [-0.4, -0.2) is 35.1 Å². The Kier molecular flexibility index (Phi) is 6.68. The molecule has 0 fully saturated rings. The monoisotopic (exact) mass is 392 g/mol. The molecule has 0 aromatic heterocycles. The van der Waals surface area contributed by atoms with E-state index in [1.54, 1.807) is 24.3 Å². The van der Waals surface area contributed by atoms with Gasteiger partial charge in [0.2, 0.25) is 0 Å². The maximum atomic E-state index is 12.9. The van der Waals surface area contributed by atoms with Crippen molar-refractivity contribution < 1.29 is 22.7 Å². The van der Waals surface area contributed by atoms with Crippen molar-refractivity contribution in [2.45, 2.75) is 18.7 Å². The summed E-state index contributed by atoms with van der Waals surface area (Å²) in [5.74, 6) is 0.475. The number of rotatable bonds is 8. The van der Waals surface area contributed by atoms with E-state index in [2.05, 4.69) is 10.0 Å². The summed E-state index contributed by atoms with van der Waals surface area (Å²) in [6, 6.07) is 10.9. The number of anilines is 1. The number of benzene rings is 2. The minimum absolute atomic E-state index is 0.0817. The first kappa shape index (κ1) is 20.6. The number of ether oxygens (including phenoxy) is 2. The van der Waals surface area contributed by atoms with Crippen LogP contribution in [0.5, 0.6) is 11.5 Å². The number of para-hydroxylation sites is 1. The number of carbonyl (C=O) groups is 1. The van der Waals surface area contributed by atoms with E-state index in [4.69, 9.17) is 9.47 Å². The van der Waals surface area contributed by atoms with Gasteiger partial charge in [0.15, 0.2) is 0 Å². The Hall–Kier alpha value is -2.74. The highest BCUT2D eigenvalue weighted by molar-refractivity contribution is 7.92. The van der Waals surface area contributed by atoms with E-state index in [1.165, 1.54) is 32.4 Å². The van der Waals surface area contributed by atoms with Crippen molar-refractivity contribution in [1.82, 2.24) is 5.32 Å². The molecule has 0 heterocycles. The standard InChI is InChI=1S/C19H24N2O5S/c1-13(2)12-20-19(22)15-7-5-6-8-16(15)21-27(23,24)18-11-14(25-3)9-10-17(18)26-4/h5-11,13,21H,12H2,1-4H3,(H,20,22). The minimum Gasteiger partial charge on any atom is -0.497 e. The van der Waals surface area contributed by atoms with Crippen LogP contribution in [0.1, 0.15) is 24.2 Å². The topological polar surface area (TPSA) is 93.7 Å². The molecule has 0 aliphatic carbocycles. The van der Waals surface area contributed by atoms with Gasteiger partial charge in [-0.25, -0.2) is 8.42 Å². The van der Waals surface area contributed by atoms with E-state index < -0.39 is 10.0 Å². The lowest BCUT2D eigenvalue weighted by Crippen LogP contribution is -2.28. The molecular formula is C19H24N2O5S. The van der Waals surface area contributed by atoms with Crippen LogP contribution in [0, 0.1) is 5.92 Å². The van der Waals surface area contributed by atoms with E-state index >= 15 is 0 Å². The van der Waals surface area contributed by atoms with E-state index in [1.807, 2.05) is 13.8 Å². The Labute approximate surface area is 159 Å². The smallest absolute Gasteiger partial charge is 0.265 e. The average molecular weight is 392 g/mol. The summed E-state index contributed by atoms with van der Waals surface area (Å²) in [7, 11) is -1.18. The van der Waals surface area contributed by atoms with Gasteiger partial charge in [0.25, 0.3) is 15.9 Å². The van der Waals surface area contributed by atoms with Gasteiger partial charge < -0.3 is 14.8 Å². The molecule has 2 aromatic rings. The Morgan fingerprint density at radius 2 is 1.78 bits per heavy atom. The van der Waals surface area contributed by atoms with Crippen molar-refractivity contribution in [2.75, 3.05) is 25.5 Å². The van der Waals surface area contributed by atoms with Crippen LogP contribution >= 0.6 is 0 Å². The number of methoxy groups -OCH3 is 2. The Bertz CT molecular complexity index is 910. The summed E-state index contributed by atoms with van der Waals surface area (Å²) in [5, 5.41) is 2.79. The van der Waals surface area contributed by atoms with Crippen molar-refractivity contribution in [3.05, 3.63) is 48.0 Å². The molecule has 0 spiro atoms. The van der Waals surface area contributed by atoms with Crippen molar-refractivity contribution >= 4 is 21.6 Å². The summed E-state index contributed by atoms with van der Waals surface area (Å²) in [5.41, 5.74) is 0.423. The zero-order valence-corrected chi connectivity index (χ0v) is 16.6. The highest BCUT2D eigenvalue weighted by Gasteiger charge is 2.23. The molecule has 0 bridgehead atoms. The Morgan fingerprint density at radius 3 is 2.41 bits per heavy atom. The molecule has 0 saturated carbocycles. The maximum absolute atomic E-state index is 12.9. The van der Waals surface area contributed by atoms with E-state index in [-0.39, 0.29) is 33.7 Å². The second kappa shape index (κ2) is 8.77. The van der Waals surface area contributed by atoms with E-state index in [0.717, 1.165) is 0 Å². The number of hydrogen-bond donors (Lipinski definition) is 2. The van der Waals surface area contributed by atoms with Crippen molar-refractivity contribution in [3.63, 3.8) is 0 Å². The summed E-state index contributed by atoms with van der Waals surface area (Å²) >= 11 is 0. The van der Waals surface area contributed by atoms with Gasteiger partial charge in [0.05, 0.1) is 25.5 Å². The van der Waals surface area contributed by atoms with Gasteiger partial charge in [0.1, 0.15) is 16.4 Å². The van der Waals surface area contributed by atoms with Crippen LogP contribution in [0.3, 0.4) is 0 Å². The average Bonchev–Trinajstić information content (AvgIpc) is 2.65. The molecule has 0 unspecified atom stereocenters. The predicted molar refractivity (Wildman–Crippen MR) is 104 cm³/mol. The number of carbonyl (C=O) groups excluding carboxylic acids is 1. The molecule has 2 aromatic carbocycles. The van der Waals surface area contributed by atoms with Gasteiger partial charge in [-0.05, 0) is 30.2 Å². The normalized spacial score (nSPS) is 11.1. The van der Waals surface area contributed by atoms with Gasteiger partial charge in [-0.2, -0.15) is 0 Å². The molecule has 0 radical (unpaired) electrons. The predicted octanol–water partition coefficient (Wildman–Crippen LogP) is 2.89. The summed E-state index contributed by atoms with van der Waals surface area (Å²) in [6.07, 6.45) is 0. The molecule has 0 saturated heterocycles. The summed E-state index contributed by atoms with van der Waals surface area (Å²) in [6.45, 7) is 4.44. The Balaban J connectivity index is 2.38. The van der Waals surface area contributed by atoms with Crippen molar-refractivity contribution in [1.29, 1.82) is 0 Å². The first-order chi connectivity index (χ1) is 12.8. The van der Waals surface area contributed by atoms with Crippen molar-refractivity contribution in [2.24, 2.45) is 5.92 Å². The van der Waals surface area contributed by atoms with Gasteiger partial charge in [-0.1, -0.05) is 26.0 Å². The zero-order chi connectivity index (χ0) is 20.0. The molecule has 0 atom stereocenters. The molecule has 0 aliphatic rings.